The predicted molar refractivity (Wildman–Crippen MR) is 231 cm³/mol. The molecule has 3 amide bonds. The number of phenols is 1. The maximum Gasteiger partial charge on any atom is 0.362 e. The van der Waals surface area contributed by atoms with Gasteiger partial charge in [-0.15, -0.1) is 5.10 Å². The lowest BCUT2D eigenvalue weighted by molar-refractivity contribution is -0.149. The van der Waals surface area contributed by atoms with Gasteiger partial charge in [0.15, 0.2) is 5.69 Å². The van der Waals surface area contributed by atoms with Crippen LogP contribution in [0.4, 0.5) is 0 Å². The lowest BCUT2D eigenvalue weighted by atomic mass is 10.1. The van der Waals surface area contributed by atoms with E-state index in [9.17, 15) is 29.1 Å². The fourth-order valence-corrected chi connectivity index (χ4v) is 6.66. The fourth-order valence-electron chi connectivity index (χ4n) is 6.66. The highest BCUT2D eigenvalue weighted by Gasteiger charge is 2.34. The van der Waals surface area contributed by atoms with Gasteiger partial charge in [-0.2, -0.15) is 0 Å². The molecule has 18 heteroatoms. The van der Waals surface area contributed by atoms with Gasteiger partial charge in [0.05, 0.1) is 76.7 Å². The summed E-state index contributed by atoms with van der Waals surface area (Å²) < 4.78 is 40.2. The van der Waals surface area contributed by atoms with Crippen LogP contribution in [-0.2, 0) is 52.9 Å². The first-order valence-corrected chi connectivity index (χ1v) is 20.9. The lowest BCUT2D eigenvalue weighted by Crippen LogP contribution is -2.43. The minimum Gasteiger partial charge on any atom is -0.508 e. The molecule has 0 saturated carbocycles. The highest BCUT2D eigenvalue weighted by atomic mass is 16.6. The Labute approximate surface area is 372 Å². The third-order valence-electron chi connectivity index (χ3n) is 10.0. The number of aromatic nitrogens is 3. The van der Waals surface area contributed by atoms with Crippen LogP contribution in [0.3, 0.4) is 0 Å². The zero-order chi connectivity index (χ0) is 45.4. The monoisotopic (exact) mass is 889 g/mol. The number of rotatable bonds is 25. The van der Waals surface area contributed by atoms with Crippen LogP contribution in [0.5, 0.6) is 11.5 Å². The van der Waals surface area contributed by atoms with Gasteiger partial charge >= 0.3 is 11.6 Å². The Kier molecular flexibility index (Phi) is 16.1. The first-order valence-electron chi connectivity index (χ1n) is 20.9. The zero-order valence-corrected chi connectivity index (χ0v) is 35.3. The van der Waals surface area contributed by atoms with Gasteiger partial charge in [0.1, 0.15) is 42.0 Å². The predicted octanol–water partition coefficient (Wildman–Crippen LogP) is 4.18. The number of carbonyl (C=O) groups is 4. The van der Waals surface area contributed by atoms with E-state index < -0.39 is 17.6 Å². The van der Waals surface area contributed by atoms with E-state index in [1.54, 1.807) is 66.9 Å². The van der Waals surface area contributed by atoms with Gasteiger partial charge in [-0.3, -0.25) is 19.3 Å². The van der Waals surface area contributed by atoms with Gasteiger partial charge in [0, 0.05) is 24.3 Å². The molecule has 0 saturated heterocycles. The molecule has 0 fully saturated rings. The molecule has 7 rings (SSSR count). The topological polar surface area (TPSA) is 220 Å². The summed E-state index contributed by atoms with van der Waals surface area (Å²) in [6.45, 7) is 2.36. The van der Waals surface area contributed by atoms with Crippen molar-refractivity contribution in [1.82, 2.24) is 25.2 Å². The molecule has 0 aliphatic carbocycles. The Morgan fingerprint density at radius 3 is 2.05 bits per heavy atom. The molecule has 2 N–H and O–H groups in total. The molecule has 1 atom stereocenters. The van der Waals surface area contributed by atoms with Crippen molar-refractivity contribution >= 4 is 34.7 Å². The second-order valence-electron chi connectivity index (χ2n) is 14.7. The number of hydrogen-bond acceptors (Lipinski definition) is 15. The van der Waals surface area contributed by atoms with Crippen LogP contribution >= 0.6 is 0 Å². The van der Waals surface area contributed by atoms with E-state index in [4.69, 9.17) is 32.8 Å². The summed E-state index contributed by atoms with van der Waals surface area (Å²) in [5, 5.41) is 21.2. The summed E-state index contributed by atoms with van der Waals surface area (Å²) in [5.41, 5.74) is 2.55. The number of hydrogen-bond donors (Lipinski definition) is 2. The van der Waals surface area contributed by atoms with Crippen LogP contribution in [-0.4, -0.2) is 114 Å². The number of phenolic OH excluding ortho intramolecular Hbond substituents is 1. The molecule has 0 spiro atoms. The molecule has 4 aromatic carbocycles. The van der Waals surface area contributed by atoms with Crippen LogP contribution in [0.1, 0.15) is 44.0 Å². The highest BCUT2D eigenvalue weighted by molar-refractivity contribution is 6.21. The number of nitrogens with zero attached hydrogens (tertiary/aromatic N) is 4. The smallest absolute Gasteiger partial charge is 0.362 e. The lowest BCUT2D eigenvalue weighted by Gasteiger charge is -2.18. The maximum absolute atomic E-state index is 13.3. The number of imide groups is 1. The van der Waals surface area contributed by atoms with Crippen LogP contribution in [0, 0.1) is 0 Å². The molecule has 338 valence electrons. The van der Waals surface area contributed by atoms with Crippen molar-refractivity contribution < 1.29 is 57.1 Å². The molecule has 0 bridgehead atoms. The first kappa shape index (κ1) is 45.8. The minimum atomic E-state index is -0.975. The molecule has 2 aromatic heterocycles. The van der Waals surface area contributed by atoms with Crippen molar-refractivity contribution in [2.45, 2.75) is 32.1 Å². The summed E-state index contributed by atoms with van der Waals surface area (Å²) in [6.07, 6.45) is 1.71. The number of amides is 3. The van der Waals surface area contributed by atoms with E-state index in [1.807, 2.05) is 30.3 Å². The van der Waals surface area contributed by atoms with Crippen molar-refractivity contribution in [1.29, 1.82) is 0 Å². The second-order valence-corrected chi connectivity index (χ2v) is 14.7. The Morgan fingerprint density at radius 1 is 0.708 bits per heavy atom. The van der Waals surface area contributed by atoms with E-state index in [0.29, 0.717) is 54.4 Å². The molecule has 18 nitrogen and oxygen atoms in total. The Morgan fingerprint density at radius 2 is 1.35 bits per heavy atom. The van der Waals surface area contributed by atoms with Crippen molar-refractivity contribution in [2.75, 3.05) is 59.4 Å². The molecule has 3 heterocycles. The number of fused-ring (bicyclic) bond motifs is 2. The van der Waals surface area contributed by atoms with Gasteiger partial charge in [0.2, 0.25) is 5.91 Å². The van der Waals surface area contributed by atoms with Gasteiger partial charge < -0.3 is 43.3 Å². The van der Waals surface area contributed by atoms with E-state index >= 15 is 0 Å². The van der Waals surface area contributed by atoms with Crippen molar-refractivity contribution in [3.8, 4) is 17.2 Å². The Balaban J connectivity index is 0.785. The molecule has 1 aliphatic rings. The maximum atomic E-state index is 13.3. The summed E-state index contributed by atoms with van der Waals surface area (Å²) >= 11 is 0. The Bertz CT molecular complexity index is 2580. The van der Waals surface area contributed by atoms with Gasteiger partial charge in [-0.25, -0.2) is 14.3 Å². The average molecular weight is 890 g/mol. The number of carbonyl (C=O) groups excluding carboxylic acids is 4. The fraction of sp³-hybridized carbons (Fsp3) is 0.298. The van der Waals surface area contributed by atoms with Crippen molar-refractivity contribution in [2.24, 2.45) is 0 Å². The van der Waals surface area contributed by atoms with E-state index in [0.717, 1.165) is 11.1 Å². The van der Waals surface area contributed by atoms with Gasteiger partial charge in [-0.05, 0) is 53.6 Å². The first-order chi connectivity index (χ1) is 31.7. The third kappa shape index (κ3) is 12.9. The van der Waals surface area contributed by atoms with Crippen molar-refractivity contribution in [3.63, 3.8) is 0 Å². The third-order valence-corrected chi connectivity index (χ3v) is 10.0. The SMILES string of the molecule is O=C(CCOCCOCCOCCOCCN1C(=O)c2ccccc2C1=O)N[C@@H](Cc1ccc(OCc2cn(-c3cc4ccc(O)cc4oc3=O)nn2)cc1)C(=O)OCc1ccccc1. The highest BCUT2D eigenvalue weighted by Crippen LogP contribution is 2.23. The van der Waals surface area contributed by atoms with E-state index in [-0.39, 0.29) is 93.8 Å². The molecule has 0 unspecified atom stereocenters. The number of ether oxygens (including phenoxy) is 6. The van der Waals surface area contributed by atoms with Crippen LogP contribution < -0.4 is 15.7 Å². The van der Waals surface area contributed by atoms with Crippen LogP contribution in [0.25, 0.3) is 16.7 Å². The standard InChI is InChI=1S/C47H47N5O13/c53-36-13-12-34-27-41(47(58)65-42(34)28-36)52-29-35(49-50-52)31-63-37-14-10-32(11-15-37)26-40(46(57)64-30-33-6-2-1-3-7-33)48-43(54)16-18-59-20-22-61-24-25-62-23-21-60-19-17-51-44(55)38-8-4-5-9-39(38)45(51)56/h1-15,27-29,40,53H,16-26,30-31H2,(H,48,54)/t40-/m0/s1. The van der Waals surface area contributed by atoms with E-state index in [1.165, 1.54) is 21.7 Å². The zero-order valence-electron chi connectivity index (χ0n) is 35.3. The number of benzene rings is 4. The average Bonchev–Trinajstić information content (AvgIpc) is 3.89. The molecular formula is C47H47N5O13. The normalized spacial score (nSPS) is 12.6. The summed E-state index contributed by atoms with van der Waals surface area (Å²) in [7, 11) is 0. The molecule has 1 aliphatic heterocycles. The number of aromatic hydroxyl groups is 1. The molecule has 6 aromatic rings. The number of esters is 1. The largest absolute Gasteiger partial charge is 0.508 e. The summed E-state index contributed by atoms with van der Waals surface area (Å²) in [6, 6.07) is 28.1. The second kappa shape index (κ2) is 22.9. The number of nitrogens with one attached hydrogen (secondary N) is 1. The van der Waals surface area contributed by atoms with Gasteiger partial charge in [-0.1, -0.05) is 59.8 Å². The summed E-state index contributed by atoms with van der Waals surface area (Å²) in [4.78, 5) is 64.9. The van der Waals surface area contributed by atoms with Gasteiger partial charge in [0.25, 0.3) is 11.8 Å². The van der Waals surface area contributed by atoms with E-state index in [2.05, 4.69) is 15.6 Å². The van der Waals surface area contributed by atoms with Crippen LogP contribution in [0.15, 0.2) is 119 Å². The molecule has 65 heavy (non-hydrogen) atoms. The minimum absolute atomic E-state index is 0.00625. The summed E-state index contributed by atoms with van der Waals surface area (Å²) in [5.74, 6) is -1.12. The molecular weight excluding hydrogens is 843 g/mol. The van der Waals surface area contributed by atoms with Crippen LogP contribution in [0.2, 0.25) is 0 Å². The molecule has 0 radical (unpaired) electrons. The quantitative estimate of drug-likeness (QED) is 0.0357. The van der Waals surface area contributed by atoms with Crippen molar-refractivity contribution in [3.05, 3.63) is 148 Å². The Hall–Kier alpha value is -7.25.